The minimum absolute atomic E-state index is 0.294. The molecule has 0 saturated heterocycles. The zero-order chi connectivity index (χ0) is 17.0. The number of hydrogen-bond acceptors (Lipinski definition) is 2. The number of unbranched alkanes of at least 4 members (excludes halogenated alkanes) is 4. The summed E-state index contributed by atoms with van der Waals surface area (Å²) in [6.45, 7) is 2.68. The van der Waals surface area contributed by atoms with Gasteiger partial charge < -0.3 is 5.21 Å². The lowest BCUT2D eigenvalue weighted by atomic mass is 10.1. The van der Waals surface area contributed by atoms with Crippen LogP contribution in [0.4, 0.5) is 0 Å². The van der Waals surface area contributed by atoms with Crippen molar-refractivity contribution in [2.75, 3.05) is 0 Å². The van der Waals surface area contributed by atoms with Crippen molar-refractivity contribution in [2.24, 2.45) is 0 Å². The molecule has 0 radical (unpaired) electrons. The minimum Gasteiger partial charge on any atom is -0.312 e. The van der Waals surface area contributed by atoms with Crippen molar-refractivity contribution >= 4 is 0 Å². The van der Waals surface area contributed by atoms with Gasteiger partial charge in [0.2, 0.25) is 0 Å². The predicted molar refractivity (Wildman–Crippen MR) is 99.5 cm³/mol. The molecular weight excluding hydrogens is 294 g/mol. The molecule has 0 saturated carbocycles. The van der Waals surface area contributed by atoms with E-state index in [0.717, 1.165) is 24.0 Å². The van der Waals surface area contributed by atoms with E-state index in [1.807, 2.05) is 60.7 Å². The SMILES string of the molecule is CCCCCCC#C[C@@H](c1ccccc1)N(O)Cc1ccccc1. The Hall–Kier alpha value is -2.08. The summed E-state index contributed by atoms with van der Waals surface area (Å²) in [4.78, 5) is 0. The van der Waals surface area contributed by atoms with Crippen molar-refractivity contribution in [3.05, 3.63) is 71.8 Å². The lowest BCUT2D eigenvalue weighted by molar-refractivity contribution is -0.121. The maximum Gasteiger partial charge on any atom is 0.121 e. The van der Waals surface area contributed by atoms with Crippen molar-refractivity contribution in [3.8, 4) is 11.8 Å². The number of hydroxylamine groups is 2. The van der Waals surface area contributed by atoms with Crippen LogP contribution >= 0.6 is 0 Å². The first-order chi connectivity index (χ1) is 11.8. The van der Waals surface area contributed by atoms with E-state index >= 15 is 0 Å². The molecule has 1 N–H and O–H groups in total. The van der Waals surface area contributed by atoms with Crippen molar-refractivity contribution in [3.63, 3.8) is 0 Å². The Labute approximate surface area is 146 Å². The van der Waals surface area contributed by atoms with Gasteiger partial charge in [0.25, 0.3) is 0 Å². The van der Waals surface area contributed by atoms with Gasteiger partial charge in [-0.05, 0) is 17.5 Å². The van der Waals surface area contributed by atoms with Gasteiger partial charge in [0.1, 0.15) is 6.04 Å². The molecule has 0 aromatic heterocycles. The molecule has 1 atom stereocenters. The van der Waals surface area contributed by atoms with Gasteiger partial charge in [0.05, 0.1) is 6.54 Å². The molecule has 0 aliphatic rings. The van der Waals surface area contributed by atoms with Gasteiger partial charge in [-0.2, -0.15) is 5.06 Å². The first kappa shape index (κ1) is 18.3. The fourth-order valence-electron chi connectivity index (χ4n) is 2.64. The van der Waals surface area contributed by atoms with Gasteiger partial charge >= 0.3 is 0 Å². The molecule has 0 aliphatic heterocycles. The van der Waals surface area contributed by atoms with Crippen LogP contribution in [-0.4, -0.2) is 10.3 Å². The standard InChI is InChI=1S/C22H27NO/c1-2-3-4-5-6-13-18-22(21-16-11-8-12-17-21)23(24)19-20-14-9-7-10-15-20/h7-12,14-17,22,24H,2-6,19H2,1H3/t22-/m0/s1. The van der Waals surface area contributed by atoms with Gasteiger partial charge in [-0.3, -0.25) is 0 Å². The molecule has 2 aromatic rings. The van der Waals surface area contributed by atoms with Crippen LogP contribution in [0.1, 0.15) is 56.2 Å². The average molecular weight is 321 g/mol. The molecule has 126 valence electrons. The summed E-state index contributed by atoms with van der Waals surface area (Å²) < 4.78 is 0. The Morgan fingerprint density at radius 1 is 0.917 bits per heavy atom. The Morgan fingerprint density at radius 3 is 2.25 bits per heavy atom. The average Bonchev–Trinajstić information content (AvgIpc) is 2.62. The van der Waals surface area contributed by atoms with Crippen LogP contribution in [0.15, 0.2) is 60.7 Å². The zero-order valence-corrected chi connectivity index (χ0v) is 14.5. The maximum atomic E-state index is 10.6. The zero-order valence-electron chi connectivity index (χ0n) is 14.5. The normalized spacial score (nSPS) is 11.8. The van der Waals surface area contributed by atoms with Crippen molar-refractivity contribution in [1.29, 1.82) is 0 Å². The summed E-state index contributed by atoms with van der Waals surface area (Å²) in [5, 5.41) is 11.9. The first-order valence-corrected chi connectivity index (χ1v) is 8.84. The topological polar surface area (TPSA) is 23.5 Å². The Morgan fingerprint density at radius 2 is 1.58 bits per heavy atom. The summed E-state index contributed by atoms with van der Waals surface area (Å²) in [7, 11) is 0. The summed E-state index contributed by atoms with van der Waals surface area (Å²) in [5.41, 5.74) is 2.10. The van der Waals surface area contributed by atoms with Crippen LogP contribution in [-0.2, 0) is 6.54 Å². The van der Waals surface area contributed by atoms with Gasteiger partial charge in [-0.1, -0.05) is 92.8 Å². The highest BCUT2D eigenvalue weighted by Crippen LogP contribution is 2.20. The third-order valence-corrected chi connectivity index (χ3v) is 3.99. The third-order valence-electron chi connectivity index (χ3n) is 3.99. The number of hydrogen-bond donors (Lipinski definition) is 1. The highest BCUT2D eigenvalue weighted by molar-refractivity contribution is 5.27. The van der Waals surface area contributed by atoms with Crippen LogP contribution in [0.25, 0.3) is 0 Å². The molecule has 2 aromatic carbocycles. The molecule has 2 heteroatoms. The Bertz CT molecular complexity index is 627. The largest absolute Gasteiger partial charge is 0.312 e. The molecule has 0 unspecified atom stereocenters. The van der Waals surface area contributed by atoms with Crippen LogP contribution in [0.2, 0.25) is 0 Å². The monoisotopic (exact) mass is 321 g/mol. The molecule has 24 heavy (non-hydrogen) atoms. The van der Waals surface area contributed by atoms with Gasteiger partial charge in [-0.15, -0.1) is 5.92 Å². The van der Waals surface area contributed by atoms with E-state index in [-0.39, 0.29) is 6.04 Å². The van der Waals surface area contributed by atoms with Crippen LogP contribution in [0.3, 0.4) is 0 Å². The second-order valence-corrected chi connectivity index (χ2v) is 6.03. The van der Waals surface area contributed by atoms with E-state index in [1.165, 1.54) is 24.3 Å². The van der Waals surface area contributed by atoms with Gasteiger partial charge in [0.15, 0.2) is 0 Å². The summed E-state index contributed by atoms with van der Waals surface area (Å²) in [6, 6.07) is 19.7. The van der Waals surface area contributed by atoms with Crippen LogP contribution in [0, 0.1) is 11.8 Å². The molecule has 0 spiro atoms. The second kappa shape index (κ2) is 10.6. The van der Waals surface area contributed by atoms with Crippen LogP contribution < -0.4 is 0 Å². The lowest BCUT2D eigenvalue weighted by Gasteiger charge is -2.22. The highest BCUT2D eigenvalue weighted by atomic mass is 16.5. The Balaban J connectivity index is 2.04. The fraction of sp³-hybridized carbons (Fsp3) is 0.364. The van der Waals surface area contributed by atoms with Crippen molar-refractivity contribution in [2.45, 2.75) is 51.6 Å². The van der Waals surface area contributed by atoms with E-state index in [1.54, 1.807) is 0 Å². The molecule has 2 nitrogen and oxygen atoms in total. The summed E-state index contributed by atoms with van der Waals surface area (Å²) in [6.07, 6.45) is 5.76. The van der Waals surface area contributed by atoms with Crippen molar-refractivity contribution < 1.29 is 5.21 Å². The number of benzene rings is 2. The summed E-state index contributed by atoms with van der Waals surface area (Å²) >= 11 is 0. The number of nitrogens with zero attached hydrogens (tertiary/aromatic N) is 1. The van der Waals surface area contributed by atoms with Crippen LogP contribution in [0.5, 0.6) is 0 Å². The van der Waals surface area contributed by atoms with E-state index in [2.05, 4.69) is 18.8 Å². The third kappa shape index (κ3) is 6.20. The quantitative estimate of drug-likeness (QED) is 0.389. The molecule has 0 bridgehead atoms. The first-order valence-electron chi connectivity index (χ1n) is 8.84. The number of rotatable bonds is 8. The molecule has 0 aliphatic carbocycles. The van der Waals surface area contributed by atoms with E-state index in [4.69, 9.17) is 0 Å². The molecule has 0 heterocycles. The minimum atomic E-state index is -0.294. The van der Waals surface area contributed by atoms with E-state index < -0.39 is 0 Å². The van der Waals surface area contributed by atoms with E-state index in [0.29, 0.717) is 6.54 Å². The molecule has 0 fully saturated rings. The lowest BCUT2D eigenvalue weighted by Crippen LogP contribution is -2.23. The fourth-order valence-corrected chi connectivity index (χ4v) is 2.64. The second-order valence-electron chi connectivity index (χ2n) is 6.03. The molecule has 2 rings (SSSR count). The van der Waals surface area contributed by atoms with Gasteiger partial charge in [-0.25, -0.2) is 0 Å². The molecular formula is C22H27NO. The van der Waals surface area contributed by atoms with Gasteiger partial charge in [0, 0.05) is 6.42 Å². The summed E-state index contributed by atoms with van der Waals surface area (Å²) in [5.74, 6) is 6.52. The van der Waals surface area contributed by atoms with Crippen molar-refractivity contribution in [1.82, 2.24) is 5.06 Å². The maximum absolute atomic E-state index is 10.6. The highest BCUT2D eigenvalue weighted by Gasteiger charge is 2.16. The molecule has 0 amide bonds. The Kier molecular flexibility index (Phi) is 8.10. The van der Waals surface area contributed by atoms with E-state index in [9.17, 15) is 5.21 Å². The smallest absolute Gasteiger partial charge is 0.121 e. The predicted octanol–water partition coefficient (Wildman–Crippen LogP) is 5.59.